The SMILES string of the molecule is CC(C)c1cc(C(=O)NCCc2ccncc2)cc(N)n1. The number of amides is 1. The van der Waals surface area contributed by atoms with Crippen molar-refractivity contribution in [2.45, 2.75) is 26.2 Å². The predicted octanol–water partition coefficient (Wildman–Crippen LogP) is 2.15. The number of nitrogen functional groups attached to an aromatic ring is 1. The number of nitrogens with two attached hydrogens (primary N) is 1. The minimum absolute atomic E-state index is 0.125. The van der Waals surface area contributed by atoms with Gasteiger partial charge in [-0.1, -0.05) is 13.8 Å². The van der Waals surface area contributed by atoms with Crippen molar-refractivity contribution < 1.29 is 4.79 Å². The number of aromatic nitrogens is 2. The highest BCUT2D eigenvalue weighted by atomic mass is 16.1. The molecule has 0 saturated carbocycles. The van der Waals surface area contributed by atoms with Crippen molar-refractivity contribution in [2.24, 2.45) is 0 Å². The molecule has 2 rings (SSSR count). The molecule has 2 aromatic rings. The zero-order valence-corrected chi connectivity index (χ0v) is 12.3. The van der Waals surface area contributed by atoms with Crippen molar-refractivity contribution in [3.63, 3.8) is 0 Å². The third kappa shape index (κ3) is 4.27. The van der Waals surface area contributed by atoms with Crippen LogP contribution in [-0.4, -0.2) is 22.4 Å². The van der Waals surface area contributed by atoms with Crippen LogP contribution in [0.3, 0.4) is 0 Å². The summed E-state index contributed by atoms with van der Waals surface area (Å²) in [5, 5.41) is 2.90. The van der Waals surface area contributed by atoms with Crippen LogP contribution in [-0.2, 0) is 6.42 Å². The lowest BCUT2D eigenvalue weighted by Gasteiger charge is -2.10. The second-order valence-corrected chi connectivity index (χ2v) is 5.22. The number of nitrogens with zero attached hydrogens (tertiary/aromatic N) is 2. The monoisotopic (exact) mass is 284 g/mol. The van der Waals surface area contributed by atoms with Gasteiger partial charge in [-0.15, -0.1) is 0 Å². The van der Waals surface area contributed by atoms with Crippen molar-refractivity contribution in [1.29, 1.82) is 0 Å². The molecule has 5 nitrogen and oxygen atoms in total. The number of hydrogen-bond donors (Lipinski definition) is 2. The van der Waals surface area contributed by atoms with E-state index in [-0.39, 0.29) is 11.8 Å². The maximum absolute atomic E-state index is 12.2. The van der Waals surface area contributed by atoms with Gasteiger partial charge in [0.1, 0.15) is 5.82 Å². The number of hydrogen-bond acceptors (Lipinski definition) is 4. The summed E-state index contributed by atoms with van der Waals surface area (Å²) in [7, 11) is 0. The molecule has 110 valence electrons. The molecule has 0 radical (unpaired) electrons. The molecule has 2 aromatic heterocycles. The van der Waals surface area contributed by atoms with Crippen LogP contribution >= 0.6 is 0 Å². The lowest BCUT2D eigenvalue weighted by atomic mass is 10.1. The Kier molecular flexibility index (Phi) is 4.87. The number of carbonyl (C=O) groups excluding carboxylic acids is 1. The van der Waals surface area contributed by atoms with Crippen molar-refractivity contribution in [2.75, 3.05) is 12.3 Å². The molecule has 0 saturated heterocycles. The van der Waals surface area contributed by atoms with Crippen LogP contribution in [0.15, 0.2) is 36.7 Å². The summed E-state index contributed by atoms with van der Waals surface area (Å²) in [5.74, 6) is 0.484. The van der Waals surface area contributed by atoms with E-state index in [4.69, 9.17) is 5.73 Å². The van der Waals surface area contributed by atoms with E-state index in [0.29, 0.717) is 17.9 Å². The largest absolute Gasteiger partial charge is 0.384 e. The van der Waals surface area contributed by atoms with E-state index in [1.807, 2.05) is 26.0 Å². The molecule has 1 amide bonds. The Bertz CT molecular complexity index is 611. The van der Waals surface area contributed by atoms with Gasteiger partial charge in [-0.3, -0.25) is 9.78 Å². The molecule has 0 aromatic carbocycles. The van der Waals surface area contributed by atoms with Gasteiger partial charge in [0.05, 0.1) is 0 Å². The number of carbonyl (C=O) groups is 1. The summed E-state index contributed by atoms with van der Waals surface area (Å²) in [4.78, 5) is 20.4. The molecule has 0 spiro atoms. The molecule has 0 bridgehead atoms. The lowest BCUT2D eigenvalue weighted by molar-refractivity contribution is 0.0954. The molecular formula is C16H20N4O. The quantitative estimate of drug-likeness (QED) is 0.881. The summed E-state index contributed by atoms with van der Waals surface area (Å²) in [6.45, 7) is 4.61. The van der Waals surface area contributed by atoms with Crippen molar-refractivity contribution in [1.82, 2.24) is 15.3 Å². The molecule has 2 heterocycles. The first-order valence-corrected chi connectivity index (χ1v) is 7.01. The molecule has 0 aliphatic heterocycles. The van der Waals surface area contributed by atoms with Crippen LogP contribution in [0.25, 0.3) is 0 Å². The van der Waals surface area contributed by atoms with Gasteiger partial charge in [0.2, 0.25) is 0 Å². The number of nitrogens with one attached hydrogen (secondary N) is 1. The van der Waals surface area contributed by atoms with Crippen LogP contribution in [0, 0.1) is 0 Å². The first kappa shape index (κ1) is 15.0. The van der Waals surface area contributed by atoms with Gasteiger partial charge in [0.25, 0.3) is 5.91 Å². The van der Waals surface area contributed by atoms with E-state index in [2.05, 4.69) is 15.3 Å². The lowest BCUT2D eigenvalue weighted by Crippen LogP contribution is -2.26. The highest BCUT2D eigenvalue weighted by molar-refractivity contribution is 5.94. The highest BCUT2D eigenvalue weighted by Crippen LogP contribution is 2.15. The van der Waals surface area contributed by atoms with Gasteiger partial charge in [0.15, 0.2) is 0 Å². The summed E-state index contributed by atoms with van der Waals surface area (Å²) < 4.78 is 0. The second kappa shape index (κ2) is 6.83. The van der Waals surface area contributed by atoms with E-state index in [0.717, 1.165) is 17.7 Å². The zero-order valence-electron chi connectivity index (χ0n) is 12.3. The number of anilines is 1. The Morgan fingerprint density at radius 1 is 1.29 bits per heavy atom. The fraction of sp³-hybridized carbons (Fsp3) is 0.312. The van der Waals surface area contributed by atoms with Crippen molar-refractivity contribution in [3.8, 4) is 0 Å². The maximum atomic E-state index is 12.2. The van der Waals surface area contributed by atoms with Crippen LogP contribution in [0.5, 0.6) is 0 Å². The van der Waals surface area contributed by atoms with Gasteiger partial charge in [-0.2, -0.15) is 0 Å². The first-order valence-electron chi connectivity index (χ1n) is 7.01. The van der Waals surface area contributed by atoms with Gasteiger partial charge < -0.3 is 11.1 Å². The van der Waals surface area contributed by atoms with E-state index in [1.165, 1.54) is 0 Å². The molecule has 0 fully saturated rings. The standard InChI is InChI=1S/C16H20N4O/c1-11(2)14-9-13(10-15(17)20-14)16(21)19-8-5-12-3-6-18-7-4-12/h3-4,6-7,9-11H,5,8H2,1-2H3,(H2,17,20)(H,19,21). The van der Waals surface area contributed by atoms with E-state index >= 15 is 0 Å². The zero-order chi connectivity index (χ0) is 15.2. The van der Waals surface area contributed by atoms with E-state index in [1.54, 1.807) is 24.5 Å². The first-order chi connectivity index (χ1) is 10.1. The van der Waals surface area contributed by atoms with E-state index in [9.17, 15) is 4.79 Å². The summed E-state index contributed by atoms with van der Waals surface area (Å²) in [6.07, 6.45) is 4.26. The Morgan fingerprint density at radius 2 is 2.00 bits per heavy atom. The normalized spacial score (nSPS) is 10.6. The molecule has 3 N–H and O–H groups in total. The highest BCUT2D eigenvalue weighted by Gasteiger charge is 2.10. The van der Waals surface area contributed by atoms with Crippen molar-refractivity contribution >= 4 is 11.7 Å². The average molecular weight is 284 g/mol. The molecule has 0 unspecified atom stereocenters. The van der Waals surface area contributed by atoms with Gasteiger partial charge in [0, 0.05) is 30.2 Å². The maximum Gasteiger partial charge on any atom is 0.251 e. The molecule has 0 aliphatic rings. The molecule has 5 heteroatoms. The van der Waals surface area contributed by atoms with Crippen LogP contribution in [0.4, 0.5) is 5.82 Å². The minimum Gasteiger partial charge on any atom is -0.384 e. The van der Waals surface area contributed by atoms with E-state index < -0.39 is 0 Å². The van der Waals surface area contributed by atoms with Gasteiger partial charge >= 0.3 is 0 Å². The molecule has 0 aliphatic carbocycles. The fourth-order valence-electron chi connectivity index (χ4n) is 1.97. The van der Waals surface area contributed by atoms with Crippen LogP contribution in [0.2, 0.25) is 0 Å². The third-order valence-electron chi connectivity index (χ3n) is 3.17. The van der Waals surface area contributed by atoms with Crippen LogP contribution in [0.1, 0.15) is 41.4 Å². The molecule has 0 atom stereocenters. The Hall–Kier alpha value is -2.43. The second-order valence-electron chi connectivity index (χ2n) is 5.22. The van der Waals surface area contributed by atoms with Gasteiger partial charge in [-0.05, 0) is 42.2 Å². The Morgan fingerprint density at radius 3 is 2.67 bits per heavy atom. The summed E-state index contributed by atoms with van der Waals surface area (Å²) in [5.41, 5.74) is 8.28. The van der Waals surface area contributed by atoms with Crippen LogP contribution < -0.4 is 11.1 Å². The fourth-order valence-corrected chi connectivity index (χ4v) is 1.97. The Labute approximate surface area is 124 Å². The predicted molar refractivity (Wildman–Crippen MR) is 83.0 cm³/mol. The molecular weight excluding hydrogens is 264 g/mol. The topological polar surface area (TPSA) is 80.9 Å². The minimum atomic E-state index is -0.125. The smallest absolute Gasteiger partial charge is 0.251 e. The number of pyridine rings is 2. The number of rotatable bonds is 5. The summed E-state index contributed by atoms with van der Waals surface area (Å²) >= 11 is 0. The summed E-state index contributed by atoms with van der Waals surface area (Å²) in [6, 6.07) is 7.28. The molecule has 21 heavy (non-hydrogen) atoms. The third-order valence-corrected chi connectivity index (χ3v) is 3.17. The van der Waals surface area contributed by atoms with Gasteiger partial charge in [-0.25, -0.2) is 4.98 Å². The van der Waals surface area contributed by atoms with Crippen molar-refractivity contribution in [3.05, 3.63) is 53.5 Å². The Balaban J connectivity index is 1.97. The average Bonchev–Trinajstić information content (AvgIpc) is 2.47.